The van der Waals surface area contributed by atoms with E-state index in [2.05, 4.69) is 31.4 Å². The van der Waals surface area contributed by atoms with E-state index < -0.39 is 0 Å². The molecule has 0 unspecified atom stereocenters. The predicted octanol–water partition coefficient (Wildman–Crippen LogP) is 1.27. The zero-order valence-corrected chi connectivity index (χ0v) is 9.46. The number of carbonyl (C=O) groups excluding carboxylic acids is 2. The van der Waals surface area contributed by atoms with Crippen LogP contribution in [0.5, 0.6) is 0 Å². The van der Waals surface area contributed by atoms with Crippen LogP contribution in [0.2, 0.25) is 0 Å². The van der Waals surface area contributed by atoms with Gasteiger partial charge in [-0.15, -0.1) is 0 Å². The van der Waals surface area contributed by atoms with Crippen molar-refractivity contribution in [3.05, 3.63) is 0 Å². The van der Waals surface area contributed by atoms with Crippen molar-refractivity contribution in [2.75, 3.05) is 0 Å². The molecule has 4 nitrogen and oxygen atoms in total. The summed E-state index contributed by atoms with van der Waals surface area (Å²) >= 11 is 0. The standard InChI is InChI=1S/C11H18N2O2/c1-11(2,3)6-4-7-8(5-6)12-10(15)13-9(7)14/h6-8H,4-5H2,1-3H3,(H2,12,13,14,15)/t6-,7-,8+/m1/s1. The molecule has 0 bridgehead atoms. The molecular weight excluding hydrogens is 192 g/mol. The van der Waals surface area contributed by atoms with Crippen molar-refractivity contribution in [1.29, 1.82) is 0 Å². The van der Waals surface area contributed by atoms with Crippen LogP contribution in [0.1, 0.15) is 33.6 Å². The Morgan fingerprint density at radius 1 is 1.20 bits per heavy atom. The van der Waals surface area contributed by atoms with Gasteiger partial charge < -0.3 is 5.32 Å². The smallest absolute Gasteiger partial charge is 0.321 e. The van der Waals surface area contributed by atoms with Gasteiger partial charge in [-0.2, -0.15) is 0 Å². The summed E-state index contributed by atoms with van der Waals surface area (Å²) in [4.78, 5) is 22.7. The van der Waals surface area contributed by atoms with Crippen molar-refractivity contribution in [2.24, 2.45) is 17.3 Å². The SMILES string of the molecule is CC(C)(C)[C@H]1C[C@@H]2NC(=O)NC(=O)[C@@H]2C1. The second-order valence-electron chi connectivity index (χ2n) is 5.71. The van der Waals surface area contributed by atoms with E-state index in [1.54, 1.807) is 0 Å². The highest BCUT2D eigenvalue weighted by Gasteiger charge is 2.46. The van der Waals surface area contributed by atoms with Crippen LogP contribution in [0.4, 0.5) is 4.79 Å². The summed E-state index contributed by atoms with van der Waals surface area (Å²) in [5.74, 6) is 0.388. The molecule has 4 heteroatoms. The Labute approximate surface area is 89.8 Å². The van der Waals surface area contributed by atoms with Gasteiger partial charge in [0.05, 0.1) is 5.92 Å². The summed E-state index contributed by atoms with van der Waals surface area (Å²) in [7, 11) is 0. The molecule has 2 N–H and O–H groups in total. The zero-order chi connectivity index (χ0) is 11.2. The molecule has 1 saturated heterocycles. The van der Waals surface area contributed by atoms with Crippen molar-refractivity contribution in [2.45, 2.75) is 39.7 Å². The van der Waals surface area contributed by atoms with Crippen molar-refractivity contribution < 1.29 is 9.59 Å². The summed E-state index contributed by atoms with van der Waals surface area (Å²) < 4.78 is 0. The maximum absolute atomic E-state index is 11.6. The Balaban J connectivity index is 2.12. The Morgan fingerprint density at radius 3 is 2.47 bits per heavy atom. The van der Waals surface area contributed by atoms with Gasteiger partial charge in [0, 0.05) is 6.04 Å². The number of hydrogen-bond donors (Lipinski definition) is 2. The summed E-state index contributed by atoms with van der Waals surface area (Å²) in [6.45, 7) is 6.57. The van der Waals surface area contributed by atoms with Crippen molar-refractivity contribution in [1.82, 2.24) is 10.6 Å². The molecule has 3 atom stereocenters. The molecule has 0 radical (unpaired) electrons. The van der Waals surface area contributed by atoms with Crippen LogP contribution in [0.15, 0.2) is 0 Å². The first-order valence-corrected chi connectivity index (χ1v) is 5.49. The van der Waals surface area contributed by atoms with E-state index in [0.29, 0.717) is 5.92 Å². The van der Waals surface area contributed by atoms with Gasteiger partial charge in [0.15, 0.2) is 0 Å². The molecular formula is C11H18N2O2. The Bertz CT molecular complexity index is 306. The second kappa shape index (κ2) is 3.22. The summed E-state index contributed by atoms with van der Waals surface area (Å²) in [6.07, 6.45) is 1.81. The molecule has 1 aliphatic heterocycles. The van der Waals surface area contributed by atoms with Crippen molar-refractivity contribution in [3.63, 3.8) is 0 Å². The molecule has 1 saturated carbocycles. The number of carbonyl (C=O) groups is 2. The third-order valence-corrected chi connectivity index (χ3v) is 3.68. The largest absolute Gasteiger partial charge is 0.334 e. The molecule has 2 aliphatic rings. The first kappa shape index (κ1) is 10.5. The number of fused-ring (bicyclic) bond motifs is 1. The van der Waals surface area contributed by atoms with Gasteiger partial charge in [0.2, 0.25) is 5.91 Å². The molecule has 0 aromatic rings. The number of rotatable bonds is 0. The number of nitrogens with one attached hydrogen (secondary N) is 2. The van der Waals surface area contributed by atoms with E-state index >= 15 is 0 Å². The number of urea groups is 1. The molecule has 0 aromatic carbocycles. The second-order valence-corrected chi connectivity index (χ2v) is 5.71. The van der Waals surface area contributed by atoms with Gasteiger partial charge in [-0.05, 0) is 24.2 Å². The normalized spacial score (nSPS) is 35.8. The third kappa shape index (κ3) is 1.85. The van der Waals surface area contributed by atoms with Gasteiger partial charge in [0.1, 0.15) is 0 Å². The lowest BCUT2D eigenvalue weighted by Gasteiger charge is -2.26. The summed E-state index contributed by atoms with van der Waals surface area (Å²) in [5.41, 5.74) is 0.211. The molecule has 0 spiro atoms. The van der Waals surface area contributed by atoms with E-state index in [1.165, 1.54) is 0 Å². The monoisotopic (exact) mass is 210 g/mol. The summed E-state index contributed by atoms with van der Waals surface area (Å²) in [5, 5.41) is 5.17. The average molecular weight is 210 g/mol. The minimum Gasteiger partial charge on any atom is -0.334 e. The summed E-state index contributed by atoms with van der Waals surface area (Å²) in [6, 6.07) is -0.286. The van der Waals surface area contributed by atoms with Gasteiger partial charge in [0.25, 0.3) is 0 Å². The van der Waals surface area contributed by atoms with Crippen molar-refractivity contribution >= 4 is 11.9 Å². The van der Waals surface area contributed by atoms with Crippen LogP contribution in [-0.4, -0.2) is 18.0 Å². The van der Waals surface area contributed by atoms with Crippen LogP contribution in [-0.2, 0) is 4.79 Å². The Hall–Kier alpha value is -1.06. The maximum atomic E-state index is 11.6. The lowest BCUT2D eigenvalue weighted by Crippen LogP contribution is -2.56. The molecule has 3 amide bonds. The lowest BCUT2D eigenvalue weighted by atomic mass is 9.79. The number of hydrogen-bond acceptors (Lipinski definition) is 2. The van der Waals surface area contributed by atoms with E-state index in [9.17, 15) is 9.59 Å². The average Bonchev–Trinajstić information content (AvgIpc) is 2.46. The van der Waals surface area contributed by atoms with Crippen LogP contribution < -0.4 is 10.6 Å². The minimum absolute atomic E-state index is 0.0214. The van der Waals surface area contributed by atoms with Crippen LogP contribution in [0, 0.1) is 17.3 Å². The van der Waals surface area contributed by atoms with Gasteiger partial charge in [-0.25, -0.2) is 4.79 Å². The number of amides is 3. The van der Waals surface area contributed by atoms with Gasteiger partial charge in [-0.1, -0.05) is 20.8 Å². The topological polar surface area (TPSA) is 58.2 Å². The highest BCUT2D eigenvalue weighted by molar-refractivity contribution is 5.98. The fourth-order valence-electron chi connectivity index (χ4n) is 2.60. The lowest BCUT2D eigenvalue weighted by molar-refractivity contribution is -0.125. The van der Waals surface area contributed by atoms with Gasteiger partial charge in [-0.3, -0.25) is 10.1 Å². The van der Waals surface area contributed by atoms with E-state index in [4.69, 9.17) is 0 Å². The molecule has 15 heavy (non-hydrogen) atoms. The maximum Gasteiger partial charge on any atom is 0.321 e. The highest BCUT2D eigenvalue weighted by Crippen LogP contribution is 2.42. The van der Waals surface area contributed by atoms with Crippen LogP contribution >= 0.6 is 0 Å². The molecule has 2 fully saturated rings. The quantitative estimate of drug-likeness (QED) is 0.632. The predicted molar refractivity (Wildman–Crippen MR) is 56.1 cm³/mol. The van der Waals surface area contributed by atoms with E-state index in [0.717, 1.165) is 12.8 Å². The first-order valence-electron chi connectivity index (χ1n) is 5.49. The molecule has 84 valence electrons. The third-order valence-electron chi connectivity index (χ3n) is 3.68. The molecule has 0 aromatic heterocycles. The van der Waals surface area contributed by atoms with E-state index in [-0.39, 0.29) is 29.3 Å². The fourth-order valence-corrected chi connectivity index (χ4v) is 2.60. The molecule has 1 heterocycles. The zero-order valence-electron chi connectivity index (χ0n) is 9.46. The Morgan fingerprint density at radius 2 is 1.87 bits per heavy atom. The first-order chi connectivity index (χ1) is 6.88. The minimum atomic E-state index is -0.337. The van der Waals surface area contributed by atoms with Crippen molar-refractivity contribution in [3.8, 4) is 0 Å². The molecule has 1 aliphatic carbocycles. The van der Waals surface area contributed by atoms with Crippen LogP contribution in [0.3, 0.4) is 0 Å². The highest BCUT2D eigenvalue weighted by atomic mass is 16.2. The number of imide groups is 1. The van der Waals surface area contributed by atoms with Crippen LogP contribution in [0.25, 0.3) is 0 Å². The van der Waals surface area contributed by atoms with E-state index in [1.807, 2.05) is 0 Å². The van der Waals surface area contributed by atoms with Gasteiger partial charge >= 0.3 is 6.03 Å². The molecule has 2 rings (SSSR count). The Kier molecular flexibility index (Phi) is 2.24. The fraction of sp³-hybridized carbons (Fsp3) is 0.818.